The van der Waals surface area contributed by atoms with Crippen molar-refractivity contribution in [2.24, 2.45) is 12.5 Å². The van der Waals surface area contributed by atoms with E-state index in [1.165, 1.54) is 31.2 Å². The molecule has 1 saturated carbocycles. The number of nitrogens with one attached hydrogen (secondary N) is 1. The third-order valence-corrected chi connectivity index (χ3v) is 4.83. The highest BCUT2D eigenvalue weighted by Gasteiger charge is 2.34. The Balaban J connectivity index is 1.67. The highest BCUT2D eigenvalue weighted by atomic mass is 15.1. The van der Waals surface area contributed by atoms with Crippen LogP contribution < -0.4 is 5.32 Å². The maximum Gasteiger partial charge on any atom is 0.123 e. The smallest absolute Gasteiger partial charge is 0.123 e. The first-order valence-electron chi connectivity index (χ1n) is 7.35. The summed E-state index contributed by atoms with van der Waals surface area (Å²) in [6.45, 7) is 4.32. The van der Waals surface area contributed by atoms with Crippen LogP contribution in [0.15, 0.2) is 24.3 Å². The Morgan fingerprint density at radius 1 is 1.32 bits per heavy atom. The van der Waals surface area contributed by atoms with Crippen LogP contribution in [0, 0.1) is 5.41 Å². The van der Waals surface area contributed by atoms with Crippen LogP contribution in [0.5, 0.6) is 0 Å². The second-order valence-electron chi connectivity index (χ2n) is 5.89. The molecule has 1 aromatic carbocycles. The number of fused-ring (bicyclic) bond motifs is 1. The number of nitrogens with zero attached hydrogens (tertiary/aromatic N) is 2. The van der Waals surface area contributed by atoms with Gasteiger partial charge in [-0.1, -0.05) is 25.5 Å². The van der Waals surface area contributed by atoms with Gasteiger partial charge in [0, 0.05) is 13.6 Å². The molecule has 1 aromatic heterocycles. The summed E-state index contributed by atoms with van der Waals surface area (Å²) in [4.78, 5) is 4.70. The molecule has 1 aliphatic rings. The summed E-state index contributed by atoms with van der Waals surface area (Å²) in [6, 6.07) is 8.33. The molecular formula is C16H23N3. The number of hydrogen-bond acceptors (Lipinski definition) is 2. The summed E-state index contributed by atoms with van der Waals surface area (Å²) in [6.07, 6.45) is 5.47. The van der Waals surface area contributed by atoms with E-state index < -0.39 is 0 Å². The molecule has 1 heterocycles. The Morgan fingerprint density at radius 3 is 2.74 bits per heavy atom. The third-order valence-electron chi connectivity index (χ3n) is 4.83. The molecule has 19 heavy (non-hydrogen) atoms. The minimum Gasteiger partial charge on any atom is -0.330 e. The maximum absolute atomic E-state index is 4.70. The fraction of sp³-hybridized carbons (Fsp3) is 0.562. The Hall–Kier alpha value is -1.35. The van der Waals surface area contributed by atoms with Gasteiger partial charge in [0.05, 0.1) is 17.6 Å². The molecule has 0 amide bonds. The molecular weight excluding hydrogens is 234 g/mol. The van der Waals surface area contributed by atoms with Gasteiger partial charge in [0.25, 0.3) is 0 Å². The first kappa shape index (κ1) is 12.7. The first-order valence-corrected chi connectivity index (χ1v) is 7.35. The van der Waals surface area contributed by atoms with Gasteiger partial charge in [0.1, 0.15) is 5.82 Å². The molecule has 0 saturated heterocycles. The second kappa shape index (κ2) is 4.97. The molecule has 0 bridgehead atoms. The van der Waals surface area contributed by atoms with Gasteiger partial charge in [-0.3, -0.25) is 0 Å². The lowest BCUT2D eigenvalue weighted by atomic mass is 9.67. The summed E-state index contributed by atoms with van der Waals surface area (Å²) in [5.41, 5.74) is 2.88. The van der Waals surface area contributed by atoms with Crippen LogP contribution in [-0.2, 0) is 13.6 Å². The minimum absolute atomic E-state index is 0.574. The van der Waals surface area contributed by atoms with Crippen LogP contribution in [0.4, 0.5) is 0 Å². The zero-order valence-electron chi connectivity index (χ0n) is 11.9. The van der Waals surface area contributed by atoms with Gasteiger partial charge < -0.3 is 9.88 Å². The number of rotatable bonds is 5. The average molecular weight is 257 g/mol. The highest BCUT2D eigenvalue weighted by molar-refractivity contribution is 5.75. The Kier molecular flexibility index (Phi) is 3.31. The van der Waals surface area contributed by atoms with Crippen LogP contribution >= 0.6 is 0 Å². The van der Waals surface area contributed by atoms with Gasteiger partial charge in [-0.05, 0) is 36.8 Å². The zero-order valence-corrected chi connectivity index (χ0v) is 11.9. The molecule has 0 atom stereocenters. The Labute approximate surface area is 115 Å². The summed E-state index contributed by atoms with van der Waals surface area (Å²) in [5, 5.41) is 3.61. The van der Waals surface area contributed by atoms with E-state index in [0.717, 1.165) is 24.4 Å². The highest BCUT2D eigenvalue weighted by Crippen LogP contribution is 2.43. The lowest BCUT2D eigenvalue weighted by Gasteiger charge is -2.41. The molecule has 0 aliphatic heterocycles. The van der Waals surface area contributed by atoms with Crippen molar-refractivity contribution in [1.29, 1.82) is 0 Å². The van der Waals surface area contributed by atoms with Crippen molar-refractivity contribution >= 4 is 11.0 Å². The summed E-state index contributed by atoms with van der Waals surface area (Å²) >= 11 is 0. The molecule has 3 rings (SSSR count). The molecule has 3 nitrogen and oxygen atoms in total. The van der Waals surface area contributed by atoms with E-state index >= 15 is 0 Å². The Morgan fingerprint density at radius 2 is 2.11 bits per heavy atom. The van der Waals surface area contributed by atoms with Crippen molar-refractivity contribution in [2.75, 3.05) is 6.54 Å². The van der Waals surface area contributed by atoms with Gasteiger partial charge in [0.2, 0.25) is 0 Å². The Bertz CT molecular complexity index is 561. The first-order chi connectivity index (χ1) is 9.24. The van der Waals surface area contributed by atoms with E-state index in [-0.39, 0.29) is 0 Å². The molecule has 1 aliphatic carbocycles. The lowest BCUT2D eigenvalue weighted by Crippen LogP contribution is -2.39. The number of aryl methyl sites for hydroxylation is 1. The largest absolute Gasteiger partial charge is 0.330 e. The van der Waals surface area contributed by atoms with Gasteiger partial charge in [-0.15, -0.1) is 0 Å². The summed E-state index contributed by atoms with van der Waals surface area (Å²) < 4.78 is 2.20. The van der Waals surface area contributed by atoms with Crippen molar-refractivity contribution in [3.05, 3.63) is 30.1 Å². The molecule has 1 fully saturated rings. The fourth-order valence-corrected chi connectivity index (χ4v) is 3.13. The topological polar surface area (TPSA) is 29.9 Å². The van der Waals surface area contributed by atoms with Gasteiger partial charge >= 0.3 is 0 Å². The fourth-order valence-electron chi connectivity index (χ4n) is 3.13. The van der Waals surface area contributed by atoms with Crippen LogP contribution in [-0.4, -0.2) is 16.1 Å². The SMILES string of the molecule is CCC1(CNCc2nc3ccccc3n2C)CCC1. The van der Waals surface area contributed by atoms with Gasteiger partial charge in [0.15, 0.2) is 0 Å². The van der Waals surface area contributed by atoms with E-state index in [9.17, 15) is 0 Å². The van der Waals surface area contributed by atoms with E-state index in [0.29, 0.717) is 5.41 Å². The van der Waals surface area contributed by atoms with Crippen LogP contribution in [0.2, 0.25) is 0 Å². The predicted octanol–water partition coefficient (Wildman–Crippen LogP) is 3.24. The molecule has 2 aromatic rings. The van der Waals surface area contributed by atoms with Crippen molar-refractivity contribution in [2.45, 2.75) is 39.2 Å². The van der Waals surface area contributed by atoms with Crippen LogP contribution in [0.1, 0.15) is 38.4 Å². The van der Waals surface area contributed by atoms with E-state index in [4.69, 9.17) is 4.98 Å². The summed E-state index contributed by atoms with van der Waals surface area (Å²) in [7, 11) is 2.10. The molecule has 102 valence electrons. The average Bonchev–Trinajstić information content (AvgIpc) is 2.70. The summed E-state index contributed by atoms with van der Waals surface area (Å²) in [5.74, 6) is 1.13. The minimum atomic E-state index is 0.574. The molecule has 0 unspecified atom stereocenters. The van der Waals surface area contributed by atoms with Crippen LogP contribution in [0.3, 0.4) is 0 Å². The maximum atomic E-state index is 4.70. The lowest BCUT2D eigenvalue weighted by molar-refractivity contribution is 0.123. The van der Waals surface area contributed by atoms with Gasteiger partial charge in [-0.2, -0.15) is 0 Å². The number of imidazole rings is 1. The van der Waals surface area contributed by atoms with E-state index in [1.54, 1.807) is 0 Å². The zero-order chi connectivity index (χ0) is 13.3. The normalized spacial score (nSPS) is 17.6. The third kappa shape index (κ3) is 2.27. The van der Waals surface area contributed by atoms with Gasteiger partial charge in [-0.25, -0.2) is 4.98 Å². The number of benzene rings is 1. The van der Waals surface area contributed by atoms with Crippen molar-refractivity contribution in [1.82, 2.24) is 14.9 Å². The number of para-hydroxylation sites is 2. The predicted molar refractivity (Wildman–Crippen MR) is 79.0 cm³/mol. The van der Waals surface area contributed by atoms with E-state index in [1.807, 2.05) is 6.07 Å². The quantitative estimate of drug-likeness (QED) is 0.891. The second-order valence-corrected chi connectivity index (χ2v) is 5.89. The molecule has 1 N–H and O–H groups in total. The number of aromatic nitrogens is 2. The van der Waals surface area contributed by atoms with Crippen LogP contribution in [0.25, 0.3) is 11.0 Å². The standard InChI is InChI=1S/C16H23N3/c1-3-16(9-6-10-16)12-17-11-15-18-13-7-4-5-8-14(13)19(15)2/h4-5,7-8,17H,3,6,9-12H2,1-2H3. The van der Waals surface area contributed by atoms with Crippen molar-refractivity contribution < 1.29 is 0 Å². The monoisotopic (exact) mass is 257 g/mol. The van der Waals surface area contributed by atoms with E-state index in [2.05, 4.69) is 42.1 Å². The van der Waals surface area contributed by atoms with Crippen molar-refractivity contribution in [3.63, 3.8) is 0 Å². The number of hydrogen-bond donors (Lipinski definition) is 1. The molecule has 0 spiro atoms. The molecule has 0 radical (unpaired) electrons. The van der Waals surface area contributed by atoms with Crippen molar-refractivity contribution in [3.8, 4) is 0 Å². The molecule has 3 heteroatoms.